The number of hydrogen-bond acceptors (Lipinski definition) is 6. The smallest absolute Gasteiger partial charge is 0.151 e. The van der Waals surface area contributed by atoms with Crippen molar-refractivity contribution in [3.05, 3.63) is 47.2 Å². The summed E-state index contributed by atoms with van der Waals surface area (Å²) < 4.78 is 5.72. The lowest BCUT2D eigenvalue weighted by Gasteiger charge is -2.38. The van der Waals surface area contributed by atoms with E-state index in [2.05, 4.69) is 45.1 Å². The van der Waals surface area contributed by atoms with E-state index in [0.29, 0.717) is 11.7 Å². The molecule has 1 saturated heterocycles. The molecule has 2 aliphatic rings. The van der Waals surface area contributed by atoms with Crippen LogP contribution in [-0.4, -0.2) is 53.0 Å². The predicted octanol–water partition coefficient (Wildman–Crippen LogP) is 2.35. The Bertz CT molecular complexity index is 755. The Labute approximate surface area is 154 Å². The van der Waals surface area contributed by atoms with Crippen LogP contribution in [0.15, 0.2) is 30.3 Å². The number of aliphatic hydroxyl groups is 1. The summed E-state index contributed by atoms with van der Waals surface area (Å²) in [5, 5.41) is 17.9. The Morgan fingerprint density at radius 2 is 1.85 bits per heavy atom. The van der Waals surface area contributed by atoms with E-state index < -0.39 is 6.10 Å². The fourth-order valence-electron chi connectivity index (χ4n) is 3.72. The summed E-state index contributed by atoms with van der Waals surface area (Å²) in [6.45, 7) is 8.60. The van der Waals surface area contributed by atoms with Gasteiger partial charge in [0.2, 0.25) is 0 Å². The molecule has 1 N–H and O–H groups in total. The van der Waals surface area contributed by atoms with E-state index in [0.717, 1.165) is 50.8 Å². The molecule has 4 rings (SSSR count). The van der Waals surface area contributed by atoms with Crippen LogP contribution in [0.2, 0.25) is 0 Å². The fourth-order valence-corrected chi connectivity index (χ4v) is 3.72. The molecule has 2 aromatic rings. The fraction of sp³-hybridized carbons (Fsp3) is 0.500. The van der Waals surface area contributed by atoms with Gasteiger partial charge in [0.15, 0.2) is 5.82 Å². The lowest BCUT2D eigenvalue weighted by Crippen LogP contribution is -2.47. The van der Waals surface area contributed by atoms with Gasteiger partial charge in [0.25, 0.3) is 0 Å². The quantitative estimate of drug-likeness (QED) is 0.909. The van der Waals surface area contributed by atoms with Gasteiger partial charge in [-0.15, -0.1) is 5.10 Å². The highest BCUT2D eigenvalue weighted by Crippen LogP contribution is 2.31. The maximum absolute atomic E-state index is 9.56. The van der Waals surface area contributed by atoms with Gasteiger partial charge in [-0.3, -0.25) is 4.90 Å². The molecule has 0 bridgehead atoms. The molecule has 0 radical (unpaired) electrons. The SMILES string of the molecule is CC(O)c1ccc(N2CCN(C(C)c3ccc4c(c3)OCC4)CC2)nn1. The van der Waals surface area contributed by atoms with E-state index in [4.69, 9.17) is 4.74 Å². The first-order valence-electron chi connectivity index (χ1n) is 9.38. The van der Waals surface area contributed by atoms with Crippen LogP contribution in [0.5, 0.6) is 5.75 Å². The molecule has 26 heavy (non-hydrogen) atoms. The topological polar surface area (TPSA) is 61.7 Å². The van der Waals surface area contributed by atoms with Crippen molar-refractivity contribution in [1.82, 2.24) is 15.1 Å². The molecule has 0 amide bonds. The Morgan fingerprint density at radius 1 is 1.04 bits per heavy atom. The van der Waals surface area contributed by atoms with Gasteiger partial charge in [-0.25, -0.2) is 0 Å². The average molecular weight is 354 g/mol. The van der Waals surface area contributed by atoms with Gasteiger partial charge >= 0.3 is 0 Å². The number of anilines is 1. The van der Waals surface area contributed by atoms with Crippen molar-refractivity contribution in [2.45, 2.75) is 32.4 Å². The summed E-state index contributed by atoms with van der Waals surface area (Å²) in [5.74, 6) is 1.94. The maximum Gasteiger partial charge on any atom is 0.151 e. The normalized spacial score (nSPS) is 19.7. The number of benzene rings is 1. The summed E-state index contributed by atoms with van der Waals surface area (Å²) in [6, 6.07) is 10.8. The van der Waals surface area contributed by atoms with Crippen molar-refractivity contribution >= 4 is 5.82 Å². The summed E-state index contributed by atoms with van der Waals surface area (Å²) in [7, 11) is 0. The van der Waals surface area contributed by atoms with Crippen molar-refractivity contribution < 1.29 is 9.84 Å². The Morgan fingerprint density at radius 3 is 2.54 bits per heavy atom. The average Bonchev–Trinajstić information content (AvgIpc) is 3.15. The number of ether oxygens (including phenoxy) is 1. The van der Waals surface area contributed by atoms with Crippen molar-refractivity contribution in [3.63, 3.8) is 0 Å². The van der Waals surface area contributed by atoms with E-state index in [9.17, 15) is 5.11 Å². The van der Waals surface area contributed by atoms with Gasteiger partial charge in [-0.05, 0) is 43.2 Å². The standard InChI is InChI=1S/C20H26N4O2/c1-14(17-4-3-16-7-12-26-19(16)13-17)23-8-10-24(11-9-23)20-6-5-18(15(2)25)21-22-20/h3-6,13-15,25H,7-12H2,1-2H3. The minimum atomic E-state index is -0.578. The first-order valence-corrected chi connectivity index (χ1v) is 9.38. The second-order valence-electron chi connectivity index (χ2n) is 7.16. The van der Waals surface area contributed by atoms with Gasteiger partial charge in [0.1, 0.15) is 5.75 Å². The molecule has 1 fully saturated rings. The van der Waals surface area contributed by atoms with E-state index in [-0.39, 0.29) is 0 Å². The monoisotopic (exact) mass is 354 g/mol. The van der Waals surface area contributed by atoms with Gasteiger partial charge in [-0.1, -0.05) is 12.1 Å². The summed E-state index contributed by atoms with van der Waals surface area (Å²) >= 11 is 0. The molecule has 6 nitrogen and oxygen atoms in total. The highest BCUT2D eigenvalue weighted by Gasteiger charge is 2.24. The molecule has 138 valence electrons. The molecule has 2 unspecified atom stereocenters. The van der Waals surface area contributed by atoms with Crippen molar-refractivity contribution in [2.24, 2.45) is 0 Å². The Hall–Kier alpha value is -2.18. The zero-order chi connectivity index (χ0) is 18.1. The van der Waals surface area contributed by atoms with Crippen LogP contribution in [0.3, 0.4) is 0 Å². The molecule has 1 aromatic carbocycles. The number of aliphatic hydroxyl groups excluding tert-OH is 1. The first-order chi connectivity index (χ1) is 12.6. The Kier molecular flexibility index (Phi) is 4.78. The third kappa shape index (κ3) is 3.39. The number of rotatable bonds is 4. The molecule has 2 atom stereocenters. The van der Waals surface area contributed by atoms with Crippen molar-refractivity contribution in [2.75, 3.05) is 37.7 Å². The van der Waals surface area contributed by atoms with Gasteiger partial charge in [-0.2, -0.15) is 5.10 Å². The minimum absolute atomic E-state index is 0.371. The molecular formula is C20H26N4O2. The summed E-state index contributed by atoms with van der Waals surface area (Å²) in [4.78, 5) is 4.76. The number of aromatic nitrogens is 2. The molecule has 2 aliphatic heterocycles. The van der Waals surface area contributed by atoms with Crippen molar-refractivity contribution in [3.8, 4) is 5.75 Å². The number of hydrogen-bond donors (Lipinski definition) is 1. The second kappa shape index (κ2) is 7.21. The van der Waals surface area contributed by atoms with Crippen LogP contribution in [0.25, 0.3) is 0 Å². The molecule has 3 heterocycles. The van der Waals surface area contributed by atoms with Gasteiger partial charge < -0.3 is 14.7 Å². The van der Waals surface area contributed by atoms with Crippen LogP contribution < -0.4 is 9.64 Å². The molecule has 1 aromatic heterocycles. The summed E-state index contributed by atoms with van der Waals surface area (Å²) in [5.41, 5.74) is 3.25. The van der Waals surface area contributed by atoms with Crippen LogP contribution in [0.4, 0.5) is 5.82 Å². The highest BCUT2D eigenvalue weighted by atomic mass is 16.5. The van der Waals surface area contributed by atoms with Crippen LogP contribution in [-0.2, 0) is 6.42 Å². The number of piperazine rings is 1. The summed E-state index contributed by atoms with van der Waals surface area (Å²) in [6.07, 6.45) is 0.447. The third-order valence-corrected chi connectivity index (χ3v) is 5.49. The van der Waals surface area contributed by atoms with E-state index in [1.165, 1.54) is 11.1 Å². The highest BCUT2D eigenvalue weighted by molar-refractivity contribution is 5.41. The lowest BCUT2D eigenvalue weighted by atomic mass is 10.0. The lowest BCUT2D eigenvalue weighted by molar-refractivity contribution is 0.192. The van der Waals surface area contributed by atoms with E-state index >= 15 is 0 Å². The zero-order valence-electron chi connectivity index (χ0n) is 15.4. The molecule has 0 spiro atoms. The molecule has 0 aliphatic carbocycles. The Balaban J connectivity index is 1.38. The zero-order valence-corrected chi connectivity index (χ0v) is 15.4. The van der Waals surface area contributed by atoms with Crippen LogP contribution in [0, 0.1) is 0 Å². The van der Waals surface area contributed by atoms with Crippen LogP contribution >= 0.6 is 0 Å². The number of nitrogens with zero attached hydrogens (tertiary/aromatic N) is 4. The van der Waals surface area contributed by atoms with Gasteiger partial charge in [0.05, 0.1) is 18.4 Å². The maximum atomic E-state index is 9.56. The van der Waals surface area contributed by atoms with Crippen molar-refractivity contribution in [1.29, 1.82) is 0 Å². The van der Waals surface area contributed by atoms with Gasteiger partial charge in [0, 0.05) is 38.6 Å². The third-order valence-electron chi connectivity index (χ3n) is 5.49. The molecule has 0 saturated carbocycles. The number of fused-ring (bicyclic) bond motifs is 1. The van der Waals surface area contributed by atoms with Crippen LogP contribution in [0.1, 0.15) is 42.8 Å². The molecule has 6 heteroatoms. The predicted molar refractivity (Wildman–Crippen MR) is 101 cm³/mol. The first kappa shape index (κ1) is 17.2. The second-order valence-corrected chi connectivity index (χ2v) is 7.16. The molecular weight excluding hydrogens is 328 g/mol. The van der Waals surface area contributed by atoms with E-state index in [1.807, 2.05) is 12.1 Å². The van der Waals surface area contributed by atoms with E-state index in [1.54, 1.807) is 6.92 Å². The minimum Gasteiger partial charge on any atom is -0.493 e. The largest absolute Gasteiger partial charge is 0.493 e.